The molecular formula is C19H27NO3. The Balaban J connectivity index is 1.74. The van der Waals surface area contributed by atoms with Gasteiger partial charge in [0, 0.05) is 13.1 Å². The first-order valence-electron chi connectivity index (χ1n) is 8.57. The van der Waals surface area contributed by atoms with E-state index in [2.05, 4.69) is 19.1 Å². The molecule has 4 heteroatoms. The van der Waals surface area contributed by atoms with Crippen LogP contribution in [0.1, 0.15) is 44.4 Å². The molecule has 1 aromatic rings. The average molecular weight is 317 g/mol. The zero-order valence-electron chi connectivity index (χ0n) is 14.6. The molecule has 0 spiro atoms. The Labute approximate surface area is 138 Å². The van der Waals surface area contributed by atoms with E-state index in [1.165, 1.54) is 16.7 Å². The second-order valence-electron chi connectivity index (χ2n) is 7.82. The summed E-state index contributed by atoms with van der Waals surface area (Å²) < 4.78 is 11.4. The maximum absolute atomic E-state index is 12.3. The van der Waals surface area contributed by atoms with E-state index >= 15 is 0 Å². The van der Waals surface area contributed by atoms with Crippen molar-refractivity contribution in [3.8, 4) is 5.75 Å². The summed E-state index contributed by atoms with van der Waals surface area (Å²) in [6, 6.07) is 4.48. The third-order valence-electron chi connectivity index (χ3n) is 4.43. The Kier molecular flexibility index (Phi) is 4.26. The Hall–Kier alpha value is -1.71. The number of carbonyl (C=O) groups is 1. The molecule has 1 amide bonds. The van der Waals surface area contributed by atoms with Gasteiger partial charge in [-0.05, 0) is 68.7 Å². The molecule has 0 fully saturated rings. The van der Waals surface area contributed by atoms with Crippen LogP contribution in [0.5, 0.6) is 5.75 Å². The minimum atomic E-state index is -0.445. The smallest absolute Gasteiger partial charge is 0.410 e. The van der Waals surface area contributed by atoms with Crippen molar-refractivity contribution in [1.82, 2.24) is 4.90 Å². The van der Waals surface area contributed by atoms with Gasteiger partial charge in [0.15, 0.2) is 0 Å². The first-order valence-corrected chi connectivity index (χ1v) is 8.57. The number of ether oxygens (including phenoxy) is 2. The van der Waals surface area contributed by atoms with Crippen LogP contribution in [0.25, 0.3) is 0 Å². The van der Waals surface area contributed by atoms with E-state index in [9.17, 15) is 4.79 Å². The van der Waals surface area contributed by atoms with Gasteiger partial charge in [-0.25, -0.2) is 4.79 Å². The highest BCUT2D eigenvalue weighted by atomic mass is 16.6. The summed E-state index contributed by atoms with van der Waals surface area (Å²) in [6.45, 7) is 10.2. The normalized spacial score (nSPS) is 20.9. The lowest BCUT2D eigenvalue weighted by Crippen LogP contribution is -2.38. The maximum Gasteiger partial charge on any atom is 0.410 e. The lowest BCUT2D eigenvalue weighted by Gasteiger charge is -2.26. The SMILES string of the molecule is C[C@H]1COc2cc3c(cc2C1)CCN(C(=O)OC(C)(C)C)CC3. The Morgan fingerprint density at radius 2 is 1.83 bits per heavy atom. The van der Waals surface area contributed by atoms with E-state index < -0.39 is 5.60 Å². The maximum atomic E-state index is 12.3. The van der Waals surface area contributed by atoms with Crippen LogP contribution in [0.4, 0.5) is 4.79 Å². The molecule has 126 valence electrons. The van der Waals surface area contributed by atoms with Gasteiger partial charge in [0.1, 0.15) is 11.4 Å². The van der Waals surface area contributed by atoms with Crippen molar-refractivity contribution in [1.29, 1.82) is 0 Å². The summed E-state index contributed by atoms with van der Waals surface area (Å²) in [5, 5.41) is 0. The molecule has 3 rings (SSSR count). The molecule has 2 aliphatic rings. The number of carbonyl (C=O) groups excluding carboxylic acids is 1. The van der Waals surface area contributed by atoms with Crippen molar-refractivity contribution >= 4 is 6.09 Å². The summed E-state index contributed by atoms with van der Waals surface area (Å²) in [5.41, 5.74) is 3.53. The summed E-state index contributed by atoms with van der Waals surface area (Å²) >= 11 is 0. The summed E-state index contributed by atoms with van der Waals surface area (Å²) in [7, 11) is 0. The molecule has 2 heterocycles. The monoisotopic (exact) mass is 317 g/mol. The van der Waals surface area contributed by atoms with Gasteiger partial charge in [0.05, 0.1) is 6.61 Å². The Bertz CT molecular complexity index is 603. The minimum absolute atomic E-state index is 0.208. The van der Waals surface area contributed by atoms with Crippen molar-refractivity contribution in [3.63, 3.8) is 0 Å². The largest absolute Gasteiger partial charge is 0.493 e. The van der Waals surface area contributed by atoms with Gasteiger partial charge in [-0.15, -0.1) is 0 Å². The van der Waals surface area contributed by atoms with Crippen LogP contribution in [0, 0.1) is 5.92 Å². The van der Waals surface area contributed by atoms with E-state index in [-0.39, 0.29) is 6.09 Å². The topological polar surface area (TPSA) is 38.8 Å². The van der Waals surface area contributed by atoms with Crippen LogP contribution in [-0.2, 0) is 24.0 Å². The molecule has 4 nitrogen and oxygen atoms in total. The van der Waals surface area contributed by atoms with Gasteiger partial charge in [0.25, 0.3) is 0 Å². The number of nitrogens with zero attached hydrogens (tertiary/aromatic N) is 1. The molecule has 0 N–H and O–H groups in total. The zero-order chi connectivity index (χ0) is 16.6. The first kappa shape index (κ1) is 16.2. The predicted molar refractivity (Wildman–Crippen MR) is 90.0 cm³/mol. The molecule has 0 aliphatic carbocycles. The standard InChI is InChI=1S/C19H27NO3/c1-13-9-16-10-14-5-7-20(18(21)23-19(2,3)4)8-6-15(14)11-17(16)22-12-13/h10-11,13H,5-9,12H2,1-4H3/t13-/m1/s1. The fraction of sp³-hybridized carbons (Fsp3) is 0.632. The lowest BCUT2D eigenvalue weighted by atomic mass is 9.92. The molecule has 0 saturated heterocycles. The van der Waals surface area contributed by atoms with Crippen LogP contribution in [-0.4, -0.2) is 36.3 Å². The van der Waals surface area contributed by atoms with Crippen LogP contribution in [0.3, 0.4) is 0 Å². The van der Waals surface area contributed by atoms with Gasteiger partial charge < -0.3 is 14.4 Å². The number of rotatable bonds is 0. The van der Waals surface area contributed by atoms with Crippen molar-refractivity contribution in [2.24, 2.45) is 5.92 Å². The van der Waals surface area contributed by atoms with Crippen LogP contribution in [0.15, 0.2) is 12.1 Å². The van der Waals surface area contributed by atoms with E-state index in [0.717, 1.165) is 38.2 Å². The predicted octanol–water partition coefficient (Wildman–Crippen LogP) is 3.59. The Morgan fingerprint density at radius 1 is 1.17 bits per heavy atom. The van der Waals surface area contributed by atoms with Crippen molar-refractivity contribution < 1.29 is 14.3 Å². The molecular weight excluding hydrogens is 290 g/mol. The highest BCUT2D eigenvalue weighted by molar-refractivity contribution is 5.68. The van der Waals surface area contributed by atoms with Crippen molar-refractivity contribution in [2.75, 3.05) is 19.7 Å². The van der Waals surface area contributed by atoms with E-state index in [1.807, 2.05) is 25.7 Å². The van der Waals surface area contributed by atoms with Crippen molar-refractivity contribution in [2.45, 2.75) is 52.6 Å². The molecule has 0 aromatic heterocycles. The van der Waals surface area contributed by atoms with Gasteiger partial charge >= 0.3 is 6.09 Å². The Morgan fingerprint density at radius 3 is 2.48 bits per heavy atom. The highest BCUT2D eigenvalue weighted by Crippen LogP contribution is 2.32. The van der Waals surface area contributed by atoms with E-state index in [0.29, 0.717) is 12.5 Å². The molecule has 0 unspecified atom stereocenters. The summed E-state index contributed by atoms with van der Waals surface area (Å²) in [5.74, 6) is 1.61. The van der Waals surface area contributed by atoms with Crippen LogP contribution in [0.2, 0.25) is 0 Å². The zero-order valence-corrected chi connectivity index (χ0v) is 14.6. The fourth-order valence-corrected chi connectivity index (χ4v) is 3.28. The van der Waals surface area contributed by atoms with Gasteiger partial charge in [-0.3, -0.25) is 0 Å². The van der Waals surface area contributed by atoms with Gasteiger partial charge in [-0.2, -0.15) is 0 Å². The quantitative estimate of drug-likeness (QED) is 0.734. The fourth-order valence-electron chi connectivity index (χ4n) is 3.28. The molecule has 1 aromatic carbocycles. The van der Waals surface area contributed by atoms with Crippen LogP contribution >= 0.6 is 0 Å². The number of fused-ring (bicyclic) bond motifs is 2. The number of hydrogen-bond donors (Lipinski definition) is 0. The molecule has 2 aliphatic heterocycles. The van der Waals surface area contributed by atoms with Gasteiger partial charge in [-0.1, -0.05) is 13.0 Å². The first-order chi connectivity index (χ1) is 10.8. The van der Waals surface area contributed by atoms with Crippen molar-refractivity contribution in [3.05, 3.63) is 28.8 Å². The third kappa shape index (κ3) is 3.80. The lowest BCUT2D eigenvalue weighted by molar-refractivity contribution is 0.0258. The molecule has 1 atom stereocenters. The second-order valence-corrected chi connectivity index (χ2v) is 7.82. The number of benzene rings is 1. The number of hydrogen-bond acceptors (Lipinski definition) is 3. The van der Waals surface area contributed by atoms with E-state index in [4.69, 9.17) is 9.47 Å². The van der Waals surface area contributed by atoms with E-state index in [1.54, 1.807) is 0 Å². The molecule has 0 radical (unpaired) electrons. The average Bonchev–Trinajstić information content (AvgIpc) is 2.65. The number of amides is 1. The molecule has 0 saturated carbocycles. The second kappa shape index (κ2) is 6.06. The van der Waals surface area contributed by atoms with Crippen LogP contribution < -0.4 is 4.74 Å². The highest BCUT2D eigenvalue weighted by Gasteiger charge is 2.25. The minimum Gasteiger partial charge on any atom is -0.493 e. The molecule has 0 bridgehead atoms. The van der Waals surface area contributed by atoms with Gasteiger partial charge in [0.2, 0.25) is 0 Å². The molecule has 23 heavy (non-hydrogen) atoms. The summed E-state index contributed by atoms with van der Waals surface area (Å²) in [4.78, 5) is 14.1. The summed E-state index contributed by atoms with van der Waals surface area (Å²) in [6.07, 6.45) is 2.62. The third-order valence-corrected chi connectivity index (χ3v) is 4.43.